The number of nitrogens with zero attached hydrogens (tertiary/aromatic N) is 2. The number of nitro groups is 1. The molecular formula is C25H19FN2O6. The molecule has 0 bridgehead atoms. The van der Waals surface area contributed by atoms with Crippen LogP contribution in [0.4, 0.5) is 10.1 Å². The maximum atomic E-state index is 13.2. The molecule has 0 saturated heterocycles. The molecular weight excluding hydrogens is 443 g/mol. The highest BCUT2D eigenvalue weighted by Crippen LogP contribution is 2.34. The summed E-state index contributed by atoms with van der Waals surface area (Å²) < 4.78 is 29.8. The fraction of sp³-hybridized carbons (Fsp3) is 0.120. The number of cyclic esters (lactones) is 1. The molecule has 3 aromatic rings. The van der Waals surface area contributed by atoms with E-state index in [0.717, 1.165) is 5.56 Å². The Morgan fingerprint density at radius 3 is 2.56 bits per heavy atom. The largest absolute Gasteiger partial charge is 0.493 e. The van der Waals surface area contributed by atoms with E-state index in [-0.39, 0.29) is 29.7 Å². The third kappa shape index (κ3) is 4.63. The Morgan fingerprint density at radius 2 is 1.85 bits per heavy atom. The maximum Gasteiger partial charge on any atom is 0.363 e. The highest BCUT2D eigenvalue weighted by atomic mass is 19.1. The van der Waals surface area contributed by atoms with E-state index in [1.165, 1.54) is 37.5 Å². The molecule has 0 aliphatic carbocycles. The lowest BCUT2D eigenvalue weighted by Crippen LogP contribution is -2.08. The Bertz CT molecular complexity index is 1330. The third-order valence-electron chi connectivity index (χ3n) is 5.17. The Labute approximate surface area is 194 Å². The molecule has 0 radical (unpaired) electrons. The topological polar surface area (TPSA) is 100 Å². The van der Waals surface area contributed by atoms with Crippen LogP contribution in [0.15, 0.2) is 71.4 Å². The van der Waals surface area contributed by atoms with E-state index < -0.39 is 10.9 Å². The van der Waals surface area contributed by atoms with Gasteiger partial charge in [-0.1, -0.05) is 30.3 Å². The minimum absolute atomic E-state index is 0.000733. The zero-order chi connectivity index (χ0) is 24.2. The van der Waals surface area contributed by atoms with Crippen molar-refractivity contribution in [2.24, 2.45) is 4.99 Å². The number of carbonyl (C=O) groups excluding carboxylic acids is 1. The molecule has 0 spiro atoms. The van der Waals surface area contributed by atoms with Gasteiger partial charge in [0.15, 0.2) is 17.2 Å². The molecule has 34 heavy (non-hydrogen) atoms. The fourth-order valence-electron chi connectivity index (χ4n) is 3.42. The molecule has 1 heterocycles. The molecule has 4 rings (SSSR count). The van der Waals surface area contributed by atoms with Crippen LogP contribution in [0.5, 0.6) is 11.5 Å². The number of methoxy groups -OCH3 is 1. The third-order valence-corrected chi connectivity index (χ3v) is 5.17. The minimum Gasteiger partial charge on any atom is -0.493 e. The van der Waals surface area contributed by atoms with E-state index in [2.05, 4.69) is 4.99 Å². The van der Waals surface area contributed by atoms with Crippen LogP contribution >= 0.6 is 0 Å². The number of hydrogen-bond acceptors (Lipinski definition) is 7. The van der Waals surface area contributed by atoms with Crippen molar-refractivity contribution in [1.82, 2.24) is 0 Å². The molecule has 8 nitrogen and oxygen atoms in total. The van der Waals surface area contributed by atoms with Crippen molar-refractivity contribution < 1.29 is 28.3 Å². The molecule has 0 amide bonds. The van der Waals surface area contributed by atoms with Gasteiger partial charge in [-0.3, -0.25) is 10.1 Å². The summed E-state index contributed by atoms with van der Waals surface area (Å²) in [7, 11) is 1.49. The summed E-state index contributed by atoms with van der Waals surface area (Å²) in [6.45, 7) is 1.71. The van der Waals surface area contributed by atoms with Crippen molar-refractivity contribution in [1.29, 1.82) is 0 Å². The first-order valence-corrected chi connectivity index (χ1v) is 10.2. The minimum atomic E-state index is -0.701. The van der Waals surface area contributed by atoms with Gasteiger partial charge in [0.1, 0.15) is 12.4 Å². The van der Waals surface area contributed by atoms with Gasteiger partial charge in [0.05, 0.1) is 12.0 Å². The number of aliphatic imine (C=N–C) groups is 1. The smallest absolute Gasteiger partial charge is 0.363 e. The number of hydrogen-bond donors (Lipinski definition) is 0. The molecule has 3 aromatic carbocycles. The zero-order valence-electron chi connectivity index (χ0n) is 18.3. The van der Waals surface area contributed by atoms with Gasteiger partial charge in [-0.25, -0.2) is 14.2 Å². The molecule has 0 saturated carbocycles. The lowest BCUT2D eigenvalue weighted by atomic mass is 10.1. The number of carbonyl (C=O) groups is 1. The normalized spacial score (nSPS) is 14.0. The second-order valence-corrected chi connectivity index (χ2v) is 7.34. The molecule has 1 aliphatic heterocycles. The number of nitro benzene ring substituents is 1. The number of para-hydroxylation sites is 1. The first-order chi connectivity index (χ1) is 16.4. The van der Waals surface area contributed by atoms with Crippen LogP contribution in [-0.2, 0) is 16.1 Å². The summed E-state index contributed by atoms with van der Waals surface area (Å²) in [5, 5.41) is 11.2. The number of ether oxygens (including phenoxy) is 3. The monoisotopic (exact) mass is 462 g/mol. The van der Waals surface area contributed by atoms with E-state index in [4.69, 9.17) is 14.2 Å². The van der Waals surface area contributed by atoms with Crippen molar-refractivity contribution in [3.8, 4) is 11.5 Å². The number of benzene rings is 3. The van der Waals surface area contributed by atoms with Gasteiger partial charge in [0.25, 0.3) is 5.69 Å². The van der Waals surface area contributed by atoms with Gasteiger partial charge < -0.3 is 14.2 Å². The molecule has 0 fully saturated rings. The van der Waals surface area contributed by atoms with E-state index in [1.807, 2.05) is 0 Å². The quantitative estimate of drug-likeness (QED) is 0.213. The van der Waals surface area contributed by atoms with Gasteiger partial charge in [-0.2, -0.15) is 0 Å². The summed E-state index contributed by atoms with van der Waals surface area (Å²) in [5.41, 5.74) is 1.84. The van der Waals surface area contributed by atoms with Gasteiger partial charge >= 0.3 is 5.97 Å². The number of halogens is 1. The molecule has 0 unspecified atom stereocenters. The lowest BCUT2D eigenvalue weighted by molar-refractivity contribution is -0.385. The molecule has 0 N–H and O–H groups in total. The summed E-state index contributed by atoms with van der Waals surface area (Å²) in [6.07, 6.45) is 1.49. The highest BCUT2D eigenvalue weighted by Gasteiger charge is 2.28. The average molecular weight is 462 g/mol. The van der Waals surface area contributed by atoms with Crippen molar-refractivity contribution in [3.63, 3.8) is 0 Å². The zero-order valence-corrected chi connectivity index (χ0v) is 18.3. The molecule has 9 heteroatoms. The van der Waals surface area contributed by atoms with Crippen molar-refractivity contribution >= 4 is 23.6 Å². The SMILES string of the molecule is COc1cccc(/C=C2\N=C(c3cccc([N+](=O)[O-])c3C)OC2=O)c1OCc1ccc(F)cc1. The van der Waals surface area contributed by atoms with Gasteiger partial charge in [-0.05, 0) is 42.8 Å². The molecule has 1 aliphatic rings. The van der Waals surface area contributed by atoms with Gasteiger partial charge in [0, 0.05) is 22.8 Å². The van der Waals surface area contributed by atoms with Gasteiger partial charge in [-0.15, -0.1) is 0 Å². The Kier molecular flexibility index (Phi) is 6.35. The Morgan fingerprint density at radius 1 is 1.12 bits per heavy atom. The summed E-state index contributed by atoms with van der Waals surface area (Å²) in [4.78, 5) is 27.5. The average Bonchev–Trinajstić information content (AvgIpc) is 3.18. The van der Waals surface area contributed by atoms with Crippen LogP contribution in [0.1, 0.15) is 22.3 Å². The van der Waals surface area contributed by atoms with E-state index in [0.29, 0.717) is 28.2 Å². The molecule has 0 atom stereocenters. The highest BCUT2D eigenvalue weighted by molar-refractivity contribution is 6.13. The lowest BCUT2D eigenvalue weighted by Gasteiger charge is -2.13. The van der Waals surface area contributed by atoms with Crippen LogP contribution in [0, 0.1) is 22.9 Å². The van der Waals surface area contributed by atoms with Gasteiger partial charge in [0.2, 0.25) is 5.90 Å². The summed E-state index contributed by atoms with van der Waals surface area (Å²) >= 11 is 0. The summed E-state index contributed by atoms with van der Waals surface area (Å²) in [6, 6.07) is 15.5. The van der Waals surface area contributed by atoms with Crippen LogP contribution in [0.25, 0.3) is 6.08 Å². The molecule has 0 aromatic heterocycles. The van der Waals surface area contributed by atoms with Crippen LogP contribution in [0.2, 0.25) is 0 Å². The van der Waals surface area contributed by atoms with E-state index >= 15 is 0 Å². The standard InChI is InChI=1S/C25H19FN2O6/c1-15-19(6-4-7-21(15)28(30)31)24-27-20(25(29)34-24)13-17-5-3-8-22(32-2)23(17)33-14-16-9-11-18(26)12-10-16/h3-13H,14H2,1-2H3/b20-13-. The van der Waals surface area contributed by atoms with Crippen LogP contribution < -0.4 is 9.47 Å². The van der Waals surface area contributed by atoms with Crippen molar-refractivity contribution in [3.05, 3.63) is 105 Å². The Balaban J connectivity index is 1.68. The first-order valence-electron chi connectivity index (χ1n) is 10.2. The van der Waals surface area contributed by atoms with Crippen molar-refractivity contribution in [2.45, 2.75) is 13.5 Å². The fourth-order valence-corrected chi connectivity index (χ4v) is 3.42. The number of rotatable bonds is 7. The van der Waals surface area contributed by atoms with Crippen LogP contribution in [0.3, 0.4) is 0 Å². The predicted octanol–water partition coefficient (Wildman–Crippen LogP) is 4.97. The molecule has 172 valence electrons. The van der Waals surface area contributed by atoms with E-state index in [1.54, 1.807) is 43.3 Å². The predicted molar refractivity (Wildman–Crippen MR) is 122 cm³/mol. The second-order valence-electron chi connectivity index (χ2n) is 7.34. The maximum absolute atomic E-state index is 13.2. The number of esters is 1. The Hall–Kier alpha value is -4.53. The van der Waals surface area contributed by atoms with Crippen molar-refractivity contribution in [2.75, 3.05) is 7.11 Å². The second kappa shape index (κ2) is 9.53. The van der Waals surface area contributed by atoms with Crippen LogP contribution in [-0.4, -0.2) is 23.9 Å². The first kappa shape index (κ1) is 22.7. The van der Waals surface area contributed by atoms with E-state index in [9.17, 15) is 19.3 Å². The summed E-state index contributed by atoms with van der Waals surface area (Å²) in [5.74, 6) is -0.271.